The van der Waals surface area contributed by atoms with Gasteiger partial charge in [-0.05, 0) is 25.0 Å². The lowest BCUT2D eigenvalue weighted by molar-refractivity contribution is -0.119. The average Bonchev–Trinajstić information content (AvgIpc) is 2.77. The standard InChI is InChI=1S/C12H12F2N2O2/c13-8-4-7(6-17)5-9(14)11(8)16-3-1-2-10(16)12(15)18/h4-6,10H,1-3H2,(H2,15,18). The van der Waals surface area contributed by atoms with Gasteiger partial charge in [0.25, 0.3) is 0 Å². The molecule has 1 aromatic rings. The number of aldehydes is 1. The molecule has 96 valence electrons. The summed E-state index contributed by atoms with van der Waals surface area (Å²) in [5.41, 5.74) is 4.83. The van der Waals surface area contributed by atoms with Crippen molar-refractivity contribution in [3.8, 4) is 0 Å². The fourth-order valence-corrected chi connectivity index (χ4v) is 2.26. The normalized spacial score (nSPS) is 19.0. The third kappa shape index (κ3) is 2.05. The van der Waals surface area contributed by atoms with E-state index in [1.807, 2.05) is 0 Å². The van der Waals surface area contributed by atoms with E-state index in [1.54, 1.807) is 0 Å². The van der Waals surface area contributed by atoms with Crippen LogP contribution in [-0.2, 0) is 4.79 Å². The van der Waals surface area contributed by atoms with Crippen molar-refractivity contribution < 1.29 is 18.4 Å². The Bertz CT molecular complexity index is 482. The van der Waals surface area contributed by atoms with Crippen molar-refractivity contribution in [2.24, 2.45) is 5.73 Å². The molecular weight excluding hydrogens is 242 g/mol. The molecule has 1 heterocycles. The molecular formula is C12H12F2N2O2. The van der Waals surface area contributed by atoms with E-state index in [0.717, 1.165) is 12.1 Å². The van der Waals surface area contributed by atoms with Gasteiger partial charge >= 0.3 is 0 Å². The number of primary amides is 1. The lowest BCUT2D eigenvalue weighted by atomic mass is 10.1. The van der Waals surface area contributed by atoms with Crippen LogP contribution >= 0.6 is 0 Å². The van der Waals surface area contributed by atoms with Gasteiger partial charge in [-0.3, -0.25) is 9.59 Å². The van der Waals surface area contributed by atoms with Crippen molar-refractivity contribution in [1.82, 2.24) is 0 Å². The van der Waals surface area contributed by atoms with E-state index in [0.29, 0.717) is 25.7 Å². The molecule has 0 saturated carbocycles. The van der Waals surface area contributed by atoms with E-state index < -0.39 is 23.6 Å². The number of nitrogens with two attached hydrogens (primary N) is 1. The molecule has 1 aliphatic heterocycles. The molecule has 2 rings (SSSR count). The maximum Gasteiger partial charge on any atom is 0.240 e. The third-order valence-electron chi connectivity index (χ3n) is 3.04. The second kappa shape index (κ2) is 4.72. The zero-order chi connectivity index (χ0) is 13.3. The van der Waals surface area contributed by atoms with Crippen molar-refractivity contribution in [3.05, 3.63) is 29.3 Å². The van der Waals surface area contributed by atoms with Gasteiger partial charge in [0, 0.05) is 12.1 Å². The summed E-state index contributed by atoms with van der Waals surface area (Å²) >= 11 is 0. The molecule has 0 aromatic heterocycles. The molecule has 4 nitrogen and oxygen atoms in total. The summed E-state index contributed by atoms with van der Waals surface area (Å²) in [5, 5.41) is 0. The number of amides is 1. The fourth-order valence-electron chi connectivity index (χ4n) is 2.26. The number of nitrogens with zero attached hydrogens (tertiary/aromatic N) is 1. The quantitative estimate of drug-likeness (QED) is 0.825. The number of anilines is 1. The van der Waals surface area contributed by atoms with E-state index in [2.05, 4.69) is 0 Å². The summed E-state index contributed by atoms with van der Waals surface area (Å²) in [6.45, 7) is 0.363. The first-order valence-corrected chi connectivity index (χ1v) is 5.54. The van der Waals surface area contributed by atoms with Crippen molar-refractivity contribution in [2.45, 2.75) is 18.9 Å². The maximum absolute atomic E-state index is 13.8. The van der Waals surface area contributed by atoms with Crippen LogP contribution in [0.15, 0.2) is 12.1 Å². The van der Waals surface area contributed by atoms with Gasteiger partial charge in [-0.2, -0.15) is 0 Å². The number of carbonyl (C=O) groups excluding carboxylic acids is 2. The smallest absolute Gasteiger partial charge is 0.240 e. The molecule has 0 radical (unpaired) electrons. The van der Waals surface area contributed by atoms with E-state index in [9.17, 15) is 18.4 Å². The van der Waals surface area contributed by atoms with E-state index in [-0.39, 0.29) is 11.3 Å². The molecule has 2 N–H and O–H groups in total. The minimum Gasteiger partial charge on any atom is -0.368 e. The Balaban J connectivity index is 2.44. The predicted octanol–water partition coefficient (Wildman–Crippen LogP) is 1.23. The lowest BCUT2D eigenvalue weighted by Crippen LogP contribution is -2.41. The van der Waals surface area contributed by atoms with Gasteiger partial charge in [0.05, 0.1) is 0 Å². The molecule has 6 heteroatoms. The Labute approximate surface area is 102 Å². The number of benzene rings is 1. The summed E-state index contributed by atoms with van der Waals surface area (Å²) in [5.74, 6) is -2.32. The Morgan fingerprint density at radius 3 is 2.50 bits per heavy atom. The Morgan fingerprint density at radius 2 is 2.00 bits per heavy atom. The molecule has 1 atom stereocenters. The van der Waals surface area contributed by atoms with Gasteiger partial charge in [0.2, 0.25) is 5.91 Å². The highest BCUT2D eigenvalue weighted by Crippen LogP contribution is 2.31. The van der Waals surface area contributed by atoms with Crippen LogP contribution in [0, 0.1) is 11.6 Å². The summed E-state index contributed by atoms with van der Waals surface area (Å²) in [7, 11) is 0. The van der Waals surface area contributed by atoms with E-state index in [1.165, 1.54) is 4.90 Å². The van der Waals surface area contributed by atoms with Crippen LogP contribution < -0.4 is 10.6 Å². The molecule has 1 fully saturated rings. The second-order valence-electron chi connectivity index (χ2n) is 4.20. The molecule has 0 bridgehead atoms. The van der Waals surface area contributed by atoms with Gasteiger partial charge in [-0.25, -0.2) is 8.78 Å². The lowest BCUT2D eigenvalue weighted by Gasteiger charge is -2.25. The number of halogens is 2. The predicted molar refractivity (Wildman–Crippen MR) is 61.3 cm³/mol. The van der Waals surface area contributed by atoms with Crippen LogP contribution in [0.2, 0.25) is 0 Å². The Morgan fingerprint density at radius 1 is 1.39 bits per heavy atom. The SMILES string of the molecule is NC(=O)C1CCCN1c1c(F)cc(C=O)cc1F. The van der Waals surface area contributed by atoms with Crippen LogP contribution in [0.3, 0.4) is 0 Å². The molecule has 1 aliphatic rings. The Hall–Kier alpha value is -1.98. The van der Waals surface area contributed by atoms with Gasteiger partial charge in [-0.1, -0.05) is 0 Å². The zero-order valence-corrected chi connectivity index (χ0v) is 9.53. The van der Waals surface area contributed by atoms with E-state index in [4.69, 9.17) is 5.73 Å². The minimum absolute atomic E-state index is 0.0800. The van der Waals surface area contributed by atoms with Crippen molar-refractivity contribution in [2.75, 3.05) is 11.4 Å². The fraction of sp³-hybridized carbons (Fsp3) is 0.333. The monoisotopic (exact) mass is 254 g/mol. The highest BCUT2D eigenvalue weighted by Gasteiger charge is 2.32. The van der Waals surface area contributed by atoms with Crippen LogP contribution in [0.5, 0.6) is 0 Å². The minimum atomic E-state index is -0.856. The van der Waals surface area contributed by atoms with Crippen molar-refractivity contribution in [1.29, 1.82) is 0 Å². The van der Waals surface area contributed by atoms with Gasteiger partial charge in [0.1, 0.15) is 29.6 Å². The topological polar surface area (TPSA) is 63.4 Å². The first-order chi connectivity index (χ1) is 8.54. The van der Waals surface area contributed by atoms with Crippen molar-refractivity contribution >= 4 is 17.9 Å². The molecule has 1 saturated heterocycles. The Kier molecular flexibility index (Phi) is 3.27. The number of hydrogen-bond acceptors (Lipinski definition) is 3. The summed E-state index contributed by atoms with van der Waals surface area (Å²) in [4.78, 5) is 23.0. The molecule has 18 heavy (non-hydrogen) atoms. The molecule has 1 unspecified atom stereocenters. The maximum atomic E-state index is 13.8. The first kappa shape index (κ1) is 12.5. The second-order valence-corrected chi connectivity index (χ2v) is 4.20. The van der Waals surface area contributed by atoms with Crippen LogP contribution in [0.25, 0.3) is 0 Å². The highest BCUT2D eigenvalue weighted by molar-refractivity contribution is 5.85. The molecule has 0 spiro atoms. The van der Waals surface area contributed by atoms with Gasteiger partial charge < -0.3 is 10.6 Å². The van der Waals surface area contributed by atoms with Crippen LogP contribution in [0.1, 0.15) is 23.2 Å². The summed E-state index contributed by atoms with van der Waals surface area (Å²) in [6.07, 6.45) is 1.48. The van der Waals surface area contributed by atoms with E-state index >= 15 is 0 Å². The highest BCUT2D eigenvalue weighted by atomic mass is 19.1. The zero-order valence-electron chi connectivity index (χ0n) is 9.53. The number of hydrogen-bond donors (Lipinski definition) is 1. The van der Waals surface area contributed by atoms with Gasteiger partial charge in [-0.15, -0.1) is 0 Å². The summed E-state index contributed by atoms with van der Waals surface area (Å²) < 4.78 is 27.6. The number of carbonyl (C=O) groups is 2. The third-order valence-corrected chi connectivity index (χ3v) is 3.04. The van der Waals surface area contributed by atoms with Gasteiger partial charge in [0.15, 0.2) is 0 Å². The number of rotatable bonds is 3. The molecule has 1 amide bonds. The van der Waals surface area contributed by atoms with Crippen molar-refractivity contribution in [3.63, 3.8) is 0 Å². The molecule has 0 aliphatic carbocycles. The first-order valence-electron chi connectivity index (χ1n) is 5.54. The van der Waals surface area contributed by atoms with Crippen LogP contribution in [0.4, 0.5) is 14.5 Å². The van der Waals surface area contributed by atoms with Crippen LogP contribution in [-0.4, -0.2) is 24.8 Å². The largest absolute Gasteiger partial charge is 0.368 e. The molecule has 1 aromatic carbocycles. The summed E-state index contributed by atoms with van der Waals surface area (Å²) in [6, 6.07) is 1.19. The average molecular weight is 254 g/mol.